The third-order valence-electron chi connectivity index (χ3n) is 4.48. The minimum Gasteiger partial charge on any atom is -0.294 e. The van der Waals surface area contributed by atoms with E-state index >= 15 is 0 Å². The number of aliphatic imine (C=N–C) groups is 1. The van der Waals surface area contributed by atoms with E-state index in [2.05, 4.69) is 39.4 Å². The third kappa shape index (κ3) is 1.24. The molecule has 0 amide bonds. The van der Waals surface area contributed by atoms with Gasteiger partial charge in [0.2, 0.25) is 0 Å². The van der Waals surface area contributed by atoms with Crippen LogP contribution in [0.25, 0.3) is 0 Å². The normalized spacial score (nSPS) is 40.0. The summed E-state index contributed by atoms with van der Waals surface area (Å²) in [6, 6.07) is 0. The zero-order valence-electron chi connectivity index (χ0n) is 9.56. The Morgan fingerprint density at radius 2 is 1.92 bits per heavy atom. The molecule has 0 N–H and O–H groups in total. The molecule has 0 spiro atoms. The smallest absolute Gasteiger partial charge is 0.0663 e. The summed E-state index contributed by atoms with van der Waals surface area (Å²) in [6.45, 7) is 13.0. The standard InChI is InChI=1S/C12H23N/c1-6-10(4)11(7-2)9-12(11,8-3)13-5/h10H,5-9H2,1-4H3. The molecule has 13 heavy (non-hydrogen) atoms. The van der Waals surface area contributed by atoms with Gasteiger partial charge in [-0.15, -0.1) is 0 Å². The van der Waals surface area contributed by atoms with Crippen LogP contribution in [0.4, 0.5) is 0 Å². The second-order valence-electron chi connectivity index (χ2n) is 4.54. The molecular formula is C12H23N. The molecule has 3 unspecified atom stereocenters. The van der Waals surface area contributed by atoms with E-state index in [1.807, 2.05) is 0 Å². The second kappa shape index (κ2) is 3.43. The highest BCUT2D eigenvalue weighted by molar-refractivity contribution is 5.33. The second-order valence-corrected chi connectivity index (χ2v) is 4.54. The molecule has 76 valence electrons. The Hall–Kier alpha value is -0.330. The molecule has 1 heteroatoms. The first kappa shape index (κ1) is 10.7. The quantitative estimate of drug-likeness (QED) is 0.574. The lowest BCUT2D eigenvalue weighted by Gasteiger charge is -2.26. The predicted octanol–water partition coefficient (Wildman–Crippen LogP) is 3.68. The van der Waals surface area contributed by atoms with Gasteiger partial charge in [-0.3, -0.25) is 4.99 Å². The largest absolute Gasteiger partial charge is 0.294 e. The van der Waals surface area contributed by atoms with Crippen LogP contribution in [0.15, 0.2) is 4.99 Å². The van der Waals surface area contributed by atoms with E-state index in [0.717, 1.165) is 12.3 Å². The minimum atomic E-state index is 0.233. The molecule has 1 rings (SSSR count). The Morgan fingerprint density at radius 3 is 2.15 bits per heavy atom. The van der Waals surface area contributed by atoms with Crippen molar-refractivity contribution in [2.24, 2.45) is 16.3 Å². The fourth-order valence-corrected chi connectivity index (χ4v) is 3.11. The highest BCUT2D eigenvalue weighted by Crippen LogP contribution is 2.67. The van der Waals surface area contributed by atoms with Gasteiger partial charge >= 0.3 is 0 Å². The van der Waals surface area contributed by atoms with E-state index in [1.54, 1.807) is 0 Å². The Balaban J connectivity index is 2.83. The molecule has 0 bridgehead atoms. The van der Waals surface area contributed by atoms with Gasteiger partial charge in [0.1, 0.15) is 0 Å². The molecule has 0 aromatic rings. The Labute approximate surface area is 82.6 Å². The highest BCUT2D eigenvalue weighted by Gasteiger charge is 2.66. The van der Waals surface area contributed by atoms with Crippen molar-refractivity contribution < 1.29 is 0 Å². The summed E-state index contributed by atoms with van der Waals surface area (Å²) in [5.41, 5.74) is 0.718. The zero-order valence-corrected chi connectivity index (χ0v) is 9.56. The van der Waals surface area contributed by atoms with Gasteiger partial charge in [-0.1, -0.05) is 34.1 Å². The first-order valence-corrected chi connectivity index (χ1v) is 5.60. The molecule has 1 fully saturated rings. The summed E-state index contributed by atoms with van der Waals surface area (Å²) in [5, 5.41) is 0. The zero-order chi connectivity index (χ0) is 10.1. The van der Waals surface area contributed by atoms with Crippen molar-refractivity contribution in [2.45, 2.75) is 58.9 Å². The van der Waals surface area contributed by atoms with Crippen molar-refractivity contribution in [2.75, 3.05) is 0 Å². The molecule has 0 aliphatic heterocycles. The summed E-state index contributed by atoms with van der Waals surface area (Å²) in [6.07, 6.45) is 4.96. The lowest BCUT2D eigenvalue weighted by molar-refractivity contribution is 0.263. The number of hydrogen-bond donors (Lipinski definition) is 0. The van der Waals surface area contributed by atoms with E-state index in [0.29, 0.717) is 5.41 Å². The van der Waals surface area contributed by atoms with Crippen LogP contribution >= 0.6 is 0 Å². The maximum atomic E-state index is 4.39. The first-order valence-electron chi connectivity index (χ1n) is 5.60. The van der Waals surface area contributed by atoms with Crippen LogP contribution in [-0.2, 0) is 0 Å². The average molecular weight is 181 g/mol. The van der Waals surface area contributed by atoms with Crippen molar-refractivity contribution in [1.82, 2.24) is 0 Å². The van der Waals surface area contributed by atoms with E-state index in [1.165, 1.54) is 19.3 Å². The van der Waals surface area contributed by atoms with Gasteiger partial charge in [0, 0.05) is 5.41 Å². The molecule has 0 aromatic carbocycles. The number of hydrogen-bond acceptors (Lipinski definition) is 1. The van der Waals surface area contributed by atoms with Gasteiger partial charge in [0.05, 0.1) is 5.54 Å². The van der Waals surface area contributed by atoms with E-state index in [-0.39, 0.29) is 5.54 Å². The SMILES string of the molecule is C=NC1(CC)CC1(CC)C(C)CC. The molecule has 1 saturated carbocycles. The summed E-state index contributed by atoms with van der Waals surface area (Å²) in [5.74, 6) is 0.794. The molecular weight excluding hydrogens is 158 g/mol. The van der Waals surface area contributed by atoms with Gasteiger partial charge in [-0.2, -0.15) is 0 Å². The number of nitrogens with zero attached hydrogens (tertiary/aromatic N) is 1. The van der Waals surface area contributed by atoms with E-state index in [9.17, 15) is 0 Å². The van der Waals surface area contributed by atoms with Gasteiger partial charge in [0.15, 0.2) is 0 Å². The maximum Gasteiger partial charge on any atom is 0.0663 e. The Morgan fingerprint density at radius 1 is 1.31 bits per heavy atom. The Kier molecular flexibility index (Phi) is 2.84. The molecule has 0 saturated heterocycles. The lowest BCUT2D eigenvalue weighted by atomic mass is 9.81. The van der Waals surface area contributed by atoms with Gasteiger partial charge in [-0.05, 0) is 31.9 Å². The summed E-state index contributed by atoms with van der Waals surface area (Å²) >= 11 is 0. The van der Waals surface area contributed by atoms with E-state index < -0.39 is 0 Å². The topological polar surface area (TPSA) is 12.4 Å². The van der Waals surface area contributed by atoms with Crippen LogP contribution in [0.3, 0.4) is 0 Å². The first-order chi connectivity index (χ1) is 6.12. The Bertz CT molecular complexity index is 199. The maximum absolute atomic E-state index is 4.39. The van der Waals surface area contributed by atoms with E-state index in [4.69, 9.17) is 0 Å². The third-order valence-corrected chi connectivity index (χ3v) is 4.48. The molecule has 0 heterocycles. The summed E-state index contributed by atoms with van der Waals surface area (Å²) in [7, 11) is 0. The van der Waals surface area contributed by atoms with Crippen molar-refractivity contribution in [3.8, 4) is 0 Å². The van der Waals surface area contributed by atoms with Gasteiger partial charge < -0.3 is 0 Å². The van der Waals surface area contributed by atoms with Crippen molar-refractivity contribution in [3.05, 3.63) is 0 Å². The van der Waals surface area contributed by atoms with Gasteiger partial charge in [0.25, 0.3) is 0 Å². The highest BCUT2D eigenvalue weighted by atomic mass is 15.0. The average Bonchev–Trinajstić information content (AvgIpc) is 2.87. The van der Waals surface area contributed by atoms with Crippen LogP contribution in [-0.4, -0.2) is 12.3 Å². The molecule has 1 nitrogen and oxygen atoms in total. The fourth-order valence-electron chi connectivity index (χ4n) is 3.11. The molecule has 1 aliphatic carbocycles. The van der Waals surface area contributed by atoms with Crippen LogP contribution < -0.4 is 0 Å². The molecule has 0 aromatic heterocycles. The molecule has 1 aliphatic rings. The lowest BCUT2D eigenvalue weighted by Crippen LogP contribution is -2.23. The van der Waals surface area contributed by atoms with Gasteiger partial charge in [-0.25, -0.2) is 0 Å². The summed E-state index contributed by atoms with van der Waals surface area (Å²) in [4.78, 5) is 4.39. The van der Waals surface area contributed by atoms with Crippen molar-refractivity contribution >= 4 is 6.72 Å². The minimum absolute atomic E-state index is 0.233. The van der Waals surface area contributed by atoms with Crippen LogP contribution in [0.1, 0.15) is 53.4 Å². The van der Waals surface area contributed by atoms with Crippen LogP contribution in [0, 0.1) is 11.3 Å². The van der Waals surface area contributed by atoms with Crippen molar-refractivity contribution in [3.63, 3.8) is 0 Å². The van der Waals surface area contributed by atoms with Crippen LogP contribution in [0.2, 0.25) is 0 Å². The summed E-state index contributed by atoms with van der Waals surface area (Å²) < 4.78 is 0. The fraction of sp³-hybridized carbons (Fsp3) is 0.917. The van der Waals surface area contributed by atoms with Crippen molar-refractivity contribution in [1.29, 1.82) is 0 Å². The molecule has 0 radical (unpaired) electrons. The molecule has 3 atom stereocenters. The van der Waals surface area contributed by atoms with Crippen LogP contribution in [0.5, 0.6) is 0 Å². The predicted molar refractivity (Wildman–Crippen MR) is 59.4 cm³/mol. The monoisotopic (exact) mass is 181 g/mol. The number of rotatable bonds is 5.